The summed E-state index contributed by atoms with van der Waals surface area (Å²) in [6, 6.07) is 5.05. The van der Waals surface area contributed by atoms with E-state index in [0.29, 0.717) is 6.04 Å². The molecule has 0 bridgehead atoms. The first-order valence-electron chi connectivity index (χ1n) is 8.18. The molecule has 1 saturated carbocycles. The zero-order valence-electron chi connectivity index (χ0n) is 12.6. The number of hydrogen-bond donors (Lipinski definition) is 1. The number of nitrogens with zero attached hydrogens (tertiary/aromatic N) is 2. The van der Waals surface area contributed by atoms with Crippen LogP contribution >= 0.6 is 0 Å². The second-order valence-corrected chi connectivity index (χ2v) is 6.50. The molecule has 2 heterocycles. The van der Waals surface area contributed by atoms with Crippen molar-refractivity contribution in [2.24, 2.45) is 5.92 Å². The average Bonchev–Trinajstić information content (AvgIpc) is 2.51. The summed E-state index contributed by atoms with van der Waals surface area (Å²) >= 11 is 0. The summed E-state index contributed by atoms with van der Waals surface area (Å²) in [5.41, 5.74) is 2.45. The minimum atomic E-state index is 0.711. The van der Waals surface area contributed by atoms with Crippen molar-refractivity contribution in [3.8, 4) is 0 Å². The van der Waals surface area contributed by atoms with E-state index in [1.54, 1.807) is 0 Å². The number of aromatic nitrogens is 1. The number of pyridine rings is 1. The Labute approximate surface area is 122 Å². The molecule has 1 aliphatic carbocycles. The van der Waals surface area contributed by atoms with E-state index in [2.05, 4.69) is 27.3 Å². The summed E-state index contributed by atoms with van der Waals surface area (Å²) in [5.74, 6) is 0.905. The van der Waals surface area contributed by atoms with Crippen molar-refractivity contribution < 1.29 is 0 Å². The summed E-state index contributed by atoms with van der Waals surface area (Å²) in [6.07, 6.45) is 9.21. The van der Waals surface area contributed by atoms with Crippen molar-refractivity contribution in [1.82, 2.24) is 15.2 Å². The highest BCUT2D eigenvalue weighted by Crippen LogP contribution is 2.27. The number of piperazine rings is 1. The fraction of sp³-hybridized carbons (Fsp3) is 0.706. The van der Waals surface area contributed by atoms with Gasteiger partial charge in [-0.25, -0.2) is 0 Å². The molecule has 110 valence electrons. The monoisotopic (exact) mass is 273 g/mol. The third-order valence-corrected chi connectivity index (χ3v) is 4.89. The standard InChI is InChI=1S/C17H27N3/c1-14-7-8-15(11-19-14)12-20-10-9-18-17(13-20)16-5-3-2-4-6-16/h7-8,11,16-18H,2-6,9-10,12-13H2,1H3. The molecule has 1 N–H and O–H groups in total. The van der Waals surface area contributed by atoms with Gasteiger partial charge < -0.3 is 5.32 Å². The summed E-state index contributed by atoms with van der Waals surface area (Å²) in [7, 11) is 0. The van der Waals surface area contributed by atoms with Crippen molar-refractivity contribution in [2.45, 2.75) is 51.6 Å². The third kappa shape index (κ3) is 3.58. The van der Waals surface area contributed by atoms with Crippen LogP contribution in [0.25, 0.3) is 0 Å². The molecule has 1 aliphatic heterocycles. The molecule has 1 aromatic heterocycles. The zero-order valence-corrected chi connectivity index (χ0v) is 12.6. The number of rotatable bonds is 3. The normalized spacial score (nSPS) is 25.8. The molecule has 0 aromatic carbocycles. The molecule has 1 atom stereocenters. The number of hydrogen-bond acceptors (Lipinski definition) is 3. The van der Waals surface area contributed by atoms with Gasteiger partial charge in [0.05, 0.1) is 0 Å². The molecular weight excluding hydrogens is 246 g/mol. The second-order valence-electron chi connectivity index (χ2n) is 6.50. The predicted molar refractivity (Wildman–Crippen MR) is 82.6 cm³/mol. The van der Waals surface area contributed by atoms with Gasteiger partial charge >= 0.3 is 0 Å². The van der Waals surface area contributed by atoms with Crippen LogP contribution < -0.4 is 5.32 Å². The van der Waals surface area contributed by atoms with E-state index < -0.39 is 0 Å². The summed E-state index contributed by atoms with van der Waals surface area (Å²) < 4.78 is 0. The maximum Gasteiger partial charge on any atom is 0.0372 e. The van der Waals surface area contributed by atoms with Gasteiger partial charge in [-0.2, -0.15) is 0 Å². The lowest BCUT2D eigenvalue weighted by molar-refractivity contribution is 0.141. The molecule has 0 amide bonds. The van der Waals surface area contributed by atoms with E-state index in [1.165, 1.54) is 44.2 Å². The smallest absolute Gasteiger partial charge is 0.0372 e. The van der Waals surface area contributed by atoms with Crippen LogP contribution in [0.3, 0.4) is 0 Å². The lowest BCUT2D eigenvalue weighted by Gasteiger charge is -2.39. The van der Waals surface area contributed by atoms with E-state index in [1.807, 2.05) is 13.1 Å². The molecule has 1 unspecified atom stereocenters. The first kappa shape index (κ1) is 14.0. The van der Waals surface area contributed by atoms with Crippen molar-refractivity contribution in [3.63, 3.8) is 0 Å². The van der Waals surface area contributed by atoms with Crippen molar-refractivity contribution >= 4 is 0 Å². The molecule has 3 nitrogen and oxygen atoms in total. The highest BCUT2D eigenvalue weighted by molar-refractivity contribution is 5.13. The Balaban J connectivity index is 1.56. The minimum absolute atomic E-state index is 0.711. The highest BCUT2D eigenvalue weighted by Gasteiger charge is 2.27. The molecule has 20 heavy (non-hydrogen) atoms. The van der Waals surface area contributed by atoms with Crippen molar-refractivity contribution in [3.05, 3.63) is 29.6 Å². The van der Waals surface area contributed by atoms with Gasteiger partial charge in [-0.1, -0.05) is 25.3 Å². The van der Waals surface area contributed by atoms with Gasteiger partial charge in [0.2, 0.25) is 0 Å². The van der Waals surface area contributed by atoms with Crippen LogP contribution in [0.2, 0.25) is 0 Å². The van der Waals surface area contributed by atoms with E-state index >= 15 is 0 Å². The molecular formula is C17H27N3. The first-order valence-corrected chi connectivity index (χ1v) is 8.18. The quantitative estimate of drug-likeness (QED) is 0.918. The summed E-state index contributed by atoms with van der Waals surface area (Å²) in [6.45, 7) is 6.61. The fourth-order valence-corrected chi connectivity index (χ4v) is 3.69. The maximum absolute atomic E-state index is 4.41. The Bertz CT molecular complexity index is 409. The topological polar surface area (TPSA) is 28.2 Å². The van der Waals surface area contributed by atoms with E-state index in [-0.39, 0.29) is 0 Å². The molecule has 2 fully saturated rings. The van der Waals surface area contributed by atoms with Gasteiger partial charge in [-0.3, -0.25) is 9.88 Å². The molecule has 0 spiro atoms. The lowest BCUT2D eigenvalue weighted by Crippen LogP contribution is -2.53. The Kier molecular flexibility index (Phi) is 4.69. The Morgan fingerprint density at radius 1 is 1.25 bits per heavy atom. The molecule has 3 heteroatoms. The average molecular weight is 273 g/mol. The Morgan fingerprint density at radius 3 is 2.85 bits per heavy atom. The van der Waals surface area contributed by atoms with Gasteiger partial charge in [0, 0.05) is 44.1 Å². The van der Waals surface area contributed by atoms with Crippen LogP contribution in [0.1, 0.15) is 43.4 Å². The largest absolute Gasteiger partial charge is 0.311 e. The predicted octanol–water partition coefficient (Wildman–Crippen LogP) is 2.74. The molecule has 0 radical (unpaired) electrons. The molecule has 3 rings (SSSR count). The van der Waals surface area contributed by atoms with Gasteiger partial charge in [0.15, 0.2) is 0 Å². The summed E-state index contributed by atoms with van der Waals surface area (Å²) in [5, 5.41) is 3.76. The van der Waals surface area contributed by atoms with Crippen molar-refractivity contribution in [1.29, 1.82) is 0 Å². The molecule has 2 aliphatic rings. The number of nitrogens with one attached hydrogen (secondary N) is 1. The van der Waals surface area contributed by atoms with Gasteiger partial charge in [-0.05, 0) is 37.3 Å². The van der Waals surface area contributed by atoms with Gasteiger partial charge in [0.25, 0.3) is 0 Å². The van der Waals surface area contributed by atoms with Crippen molar-refractivity contribution in [2.75, 3.05) is 19.6 Å². The van der Waals surface area contributed by atoms with E-state index in [9.17, 15) is 0 Å². The molecule has 1 aromatic rings. The van der Waals surface area contributed by atoms with E-state index in [0.717, 1.165) is 31.2 Å². The van der Waals surface area contributed by atoms with Crippen LogP contribution in [-0.2, 0) is 6.54 Å². The second kappa shape index (κ2) is 6.68. The number of aryl methyl sites for hydroxylation is 1. The highest BCUT2D eigenvalue weighted by atomic mass is 15.2. The lowest BCUT2D eigenvalue weighted by atomic mass is 9.83. The van der Waals surface area contributed by atoms with Crippen LogP contribution in [0.5, 0.6) is 0 Å². The van der Waals surface area contributed by atoms with Crippen LogP contribution in [0.15, 0.2) is 18.3 Å². The van der Waals surface area contributed by atoms with Crippen LogP contribution in [-0.4, -0.2) is 35.6 Å². The fourth-order valence-electron chi connectivity index (χ4n) is 3.69. The van der Waals surface area contributed by atoms with Gasteiger partial charge in [0.1, 0.15) is 0 Å². The SMILES string of the molecule is Cc1ccc(CN2CCNC(C3CCCCC3)C2)cn1. The Hall–Kier alpha value is -0.930. The maximum atomic E-state index is 4.41. The zero-order chi connectivity index (χ0) is 13.8. The first-order chi connectivity index (χ1) is 9.81. The minimum Gasteiger partial charge on any atom is -0.311 e. The third-order valence-electron chi connectivity index (χ3n) is 4.89. The summed E-state index contributed by atoms with van der Waals surface area (Å²) in [4.78, 5) is 7.01. The Morgan fingerprint density at radius 2 is 2.10 bits per heavy atom. The van der Waals surface area contributed by atoms with Crippen LogP contribution in [0.4, 0.5) is 0 Å². The molecule has 1 saturated heterocycles. The van der Waals surface area contributed by atoms with E-state index in [4.69, 9.17) is 0 Å². The van der Waals surface area contributed by atoms with Crippen LogP contribution in [0, 0.1) is 12.8 Å². The van der Waals surface area contributed by atoms with Gasteiger partial charge in [-0.15, -0.1) is 0 Å².